The Morgan fingerprint density at radius 2 is 2.23 bits per heavy atom. The Labute approximate surface area is 210 Å². The van der Waals surface area contributed by atoms with Crippen LogP contribution in [0.5, 0.6) is 0 Å². The second-order valence-corrected chi connectivity index (χ2v) is 12.0. The van der Waals surface area contributed by atoms with Crippen molar-refractivity contribution < 1.29 is 41.8 Å². The highest BCUT2D eigenvalue weighted by atomic mass is 32.2. The third-order valence-electron chi connectivity index (χ3n) is 4.84. The van der Waals surface area contributed by atoms with Gasteiger partial charge in [-0.15, -0.1) is 22.0 Å². The molecule has 4 N–H and O–H groups in total. The van der Waals surface area contributed by atoms with Crippen molar-refractivity contribution in [3.8, 4) is 0 Å². The maximum atomic E-state index is 12.8. The summed E-state index contributed by atoms with van der Waals surface area (Å²) in [7, 11) is -4.14. The van der Waals surface area contributed by atoms with Crippen LogP contribution in [0.4, 0.5) is 13.2 Å². The largest absolute Gasteiger partial charge is 0.477 e. The number of aliphatic carboxylic acids is 1. The van der Waals surface area contributed by atoms with Crippen molar-refractivity contribution in [2.45, 2.75) is 47.8 Å². The number of thioether (sulfide) groups is 2. The first kappa shape index (κ1) is 27.9. The van der Waals surface area contributed by atoms with E-state index in [0.29, 0.717) is 0 Å². The molecule has 19 heteroatoms. The van der Waals surface area contributed by atoms with Gasteiger partial charge in [0.1, 0.15) is 17.1 Å². The van der Waals surface area contributed by atoms with Crippen LogP contribution in [0.25, 0.3) is 0 Å². The molecular weight excluding hydrogens is 556 g/mol. The van der Waals surface area contributed by atoms with Gasteiger partial charge >= 0.3 is 19.7 Å². The molecule has 1 amide bonds. The molecule has 194 valence electrons. The standard InChI is InChI=1S/C16H20F3N6O6PS3/c1-2-31-32(29,30)5-8(35-15-21-23-24-22-15)7-6-34-13-10(12(26)25(13)11(7)14(27)28)20-9(33)3-4-16(17,18)19/h8,10,13H,2-6H2,1H3,(H,20,33)(H,27,28)(H,29,30)(H,21,22,23,24)/t8?,10-,13+/m1/s1. The number of amides is 1. The molecule has 35 heavy (non-hydrogen) atoms. The number of fused-ring (bicyclic) bond motifs is 1. The molecule has 1 aromatic rings. The average molecular weight is 577 g/mol. The number of carboxylic acid groups (broad SMARTS) is 1. The average Bonchev–Trinajstić information content (AvgIpc) is 3.26. The van der Waals surface area contributed by atoms with Crippen molar-refractivity contribution in [1.29, 1.82) is 0 Å². The molecule has 0 spiro atoms. The van der Waals surface area contributed by atoms with Crippen LogP contribution in [0, 0.1) is 0 Å². The minimum Gasteiger partial charge on any atom is -0.477 e. The molecule has 0 radical (unpaired) electrons. The summed E-state index contributed by atoms with van der Waals surface area (Å²) in [4.78, 5) is 36.0. The lowest BCUT2D eigenvalue weighted by Gasteiger charge is -2.50. The molecule has 0 bridgehead atoms. The van der Waals surface area contributed by atoms with E-state index in [9.17, 15) is 37.3 Å². The van der Waals surface area contributed by atoms with Gasteiger partial charge in [0.25, 0.3) is 5.91 Å². The van der Waals surface area contributed by atoms with Crippen molar-refractivity contribution in [3.63, 3.8) is 0 Å². The first-order chi connectivity index (χ1) is 16.3. The summed E-state index contributed by atoms with van der Waals surface area (Å²) in [5.41, 5.74) is -0.204. The molecule has 3 heterocycles. The Kier molecular flexibility index (Phi) is 8.86. The number of aromatic amines is 1. The molecule has 3 rings (SSSR count). The number of carboxylic acids is 1. The Bertz CT molecular complexity index is 1060. The molecule has 2 aliphatic rings. The molecule has 2 unspecified atom stereocenters. The van der Waals surface area contributed by atoms with Gasteiger partial charge in [-0.25, -0.2) is 4.79 Å². The summed E-state index contributed by atoms with van der Waals surface area (Å²) in [5, 5.41) is 24.1. The van der Waals surface area contributed by atoms with E-state index >= 15 is 0 Å². The molecular formula is C16H20F3N6O6PS3. The number of thiocarbonyl (C=S) groups is 1. The van der Waals surface area contributed by atoms with E-state index in [4.69, 9.17) is 16.7 Å². The van der Waals surface area contributed by atoms with Crippen molar-refractivity contribution >= 4 is 60.2 Å². The van der Waals surface area contributed by atoms with E-state index in [1.807, 2.05) is 0 Å². The van der Waals surface area contributed by atoms with Crippen molar-refractivity contribution in [1.82, 2.24) is 30.8 Å². The van der Waals surface area contributed by atoms with E-state index in [2.05, 4.69) is 25.9 Å². The van der Waals surface area contributed by atoms with Crippen molar-refractivity contribution in [2.75, 3.05) is 18.5 Å². The van der Waals surface area contributed by atoms with Gasteiger partial charge < -0.3 is 19.8 Å². The minimum absolute atomic E-state index is 0.0468. The summed E-state index contributed by atoms with van der Waals surface area (Å²) >= 11 is 6.95. The van der Waals surface area contributed by atoms with E-state index in [1.54, 1.807) is 0 Å². The lowest BCUT2D eigenvalue weighted by atomic mass is 10.0. The number of hydrogen-bond acceptors (Lipinski definition) is 10. The van der Waals surface area contributed by atoms with E-state index < -0.39 is 61.3 Å². The van der Waals surface area contributed by atoms with Gasteiger partial charge in [0.2, 0.25) is 5.16 Å². The topological polar surface area (TPSA) is 171 Å². The SMILES string of the molecule is CCOP(=O)(O)CC(Sc1nn[nH]n1)C1=C(C(=O)O)N2C(=O)[C@@H](NC(=S)CCC(F)(F)F)[C@@H]2SC1. The van der Waals surface area contributed by atoms with Crippen LogP contribution in [0.1, 0.15) is 19.8 Å². The van der Waals surface area contributed by atoms with Gasteiger partial charge in [-0.3, -0.25) is 14.3 Å². The number of H-pyrrole nitrogens is 1. The quantitative estimate of drug-likeness (QED) is 0.130. The van der Waals surface area contributed by atoms with E-state index in [-0.39, 0.29) is 33.8 Å². The highest BCUT2D eigenvalue weighted by Crippen LogP contribution is 2.50. The number of hydrogen-bond donors (Lipinski definition) is 4. The van der Waals surface area contributed by atoms with Gasteiger partial charge in [0.15, 0.2) is 0 Å². The number of β-lactam (4-membered cyclic amide) rings is 1. The summed E-state index contributed by atoms with van der Waals surface area (Å²) < 4.78 is 54.8. The van der Waals surface area contributed by atoms with Gasteiger partial charge in [-0.1, -0.05) is 24.0 Å². The van der Waals surface area contributed by atoms with Crippen LogP contribution in [0.2, 0.25) is 0 Å². The van der Waals surface area contributed by atoms with Crippen LogP contribution in [0.15, 0.2) is 16.4 Å². The zero-order valence-corrected chi connectivity index (χ0v) is 21.2. The van der Waals surface area contributed by atoms with E-state index in [1.165, 1.54) is 6.92 Å². The maximum absolute atomic E-state index is 12.8. The third kappa shape index (κ3) is 6.95. The van der Waals surface area contributed by atoms with Crippen LogP contribution < -0.4 is 5.32 Å². The zero-order chi connectivity index (χ0) is 26.0. The predicted octanol–water partition coefficient (Wildman–Crippen LogP) is 1.76. The maximum Gasteiger partial charge on any atom is 0.389 e. The molecule has 1 fully saturated rings. The van der Waals surface area contributed by atoms with Gasteiger partial charge in [-0.2, -0.15) is 18.4 Å². The number of carbonyl (C=O) groups is 2. The summed E-state index contributed by atoms with van der Waals surface area (Å²) in [6.07, 6.45) is -6.54. The van der Waals surface area contributed by atoms with Gasteiger partial charge in [-0.05, 0) is 17.7 Å². The second kappa shape index (κ2) is 11.1. The second-order valence-electron chi connectivity index (χ2n) is 7.29. The fourth-order valence-corrected chi connectivity index (χ4v) is 7.95. The third-order valence-corrected chi connectivity index (χ3v) is 9.32. The smallest absolute Gasteiger partial charge is 0.389 e. The van der Waals surface area contributed by atoms with Crippen LogP contribution in [-0.2, 0) is 18.7 Å². The number of alkyl halides is 3. The monoisotopic (exact) mass is 576 g/mol. The normalized spacial score (nSPS) is 22.8. The number of halogens is 3. The number of rotatable bonds is 11. The first-order valence-electron chi connectivity index (χ1n) is 9.96. The lowest BCUT2D eigenvalue weighted by molar-refractivity contribution is -0.148. The number of carbonyl (C=O) groups excluding carboxylic acids is 1. The van der Waals surface area contributed by atoms with Crippen LogP contribution in [-0.4, -0.2) is 93.8 Å². The molecule has 0 aromatic carbocycles. The first-order valence-corrected chi connectivity index (χ1v) is 14.1. The van der Waals surface area contributed by atoms with Gasteiger partial charge in [0, 0.05) is 23.8 Å². The fraction of sp³-hybridized carbons (Fsp3) is 0.625. The number of nitrogens with zero attached hydrogens (tertiary/aromatic N) is 4. The zero-order valence-electron chi connectivity index (χ0n) is 17.9. The predicted molar refractivity (Wildman–Crippen MR) is 123 cm³/mol. The molecule has 4 atom stereocenters. The molecule has 2 aliphatic heterocycles. The highest BCUT2D eigenvalue weighted by Gasteiger charge is 2.55. The lowest BCUT2D eigenvalue weighted by Crippen LogP contribution is -2.70. The molecule has 1 saturated heterocycles. The van der Waals surface area contributed by atoms with E-state index in [0.717, 1.165) is 28.4 Å². The number of tetrazole rings is 1. The Morgan fingerprint density at radius 3 is 2.80 bits per heavy atom. The summed E-state index contributed by atoms with van der Waals surface area (Å²) in [6.45, 7) is 1.47. The number of nitrogens with one attached hydrogen (secondary N) is 2. The molecule has 0 saturated carbocycles. The Balaban J connectivity index is 1.84. The Morgan fingerprint density at radius 1 is 1.51 bits per heavy atom. The van der Waals surface area contributed by atoms with Crippen molar-refractivity contribution in [2.24, 2.45) is 0 Å². The Hall–Kier alpha value is -1.72. The van der Waals surface area contributed by atoms with Gasteiger partial charge in [0.05, 0.1) is 17.8 Å². The minimum atomic E-state index is -4.41. The van der Waals surface area contributed by atoms with Crippen LogP contribution >= 0.6 is 43.3 Å². The number of aromatic nitrogens is 4. The highest BCUT2D eigenvalue weighted by molar-refractivity contribution is 8.01. The molecule has 0 aliphatic carbocycles. The summed E-state index contributed by atoms with van der Waals surface area (Å²) in [5.74, 6) is -2.09. The molecule has 12 nitrogen and oxygen atoms in total. The van der Waals surface area contributed by atoms with Crippen molar-refractivity contribution in [3.05, 3.63) is 11.3 Å². The fourth-order valence-electron chi connectivity index (χ4n) is 3.40. The molecule has 1 aromatic heterocycles. The van der Waals surface area contributed by atoms with Crippen LogP contribution in [0.3, 0.4) is 0 Å². The summed E-state index contributed by atoms with van der Waals surface area (Å²) in [6, 6.07) is -0.993.